The monoisotopic (exact) mass is 301 g/mol. The van der Waals surface area contributed by atoms with Crippen molar-refractivity contribution in [2.75, 3.05) is 11.9 Å². The zero-order valence-electron chi connectivity index (χ0n) is 12.2. The maximum atomic E-state index is 5.93. The number of hydrogen-bond acceptors (Lipinski definition) is 2. The smallest absolute Gasteiger partial charge is 0.121 e. The Morgan fingerprint density at radius 1 is 1.14 bits per heavy atom. The van der Waals surface area contributed by atoms with Crippen LogP contribution in [0.15, 0.2) is 48.5 Å². The molecule has 110 valence electrons. The number of nitrogens with one attached hydrogen (secondary N) is 1. The van der Waals surface area contributed by atoms with Crippen molar-refractivity contribution in [3.05, 3.63) is 59.1 Å². The fourth-order valence-corrected chi connectivity index (χ4v) is 2.95. The first-order valence-corrected chi connectivity index (χ1v) is 7.87. The molecular formula is C18H20ClNO. The van der Waals surface area contributed by atoms with E-state index in [1.54, 1.807) is 0 Å². The molecule has 1 N–H and O–H groups in total. The molecule has 0 heterocycles. The van der Waals surface area contributed by atoms with Crippen molar-refractivity contribution >= 4 is 17.3 Å². The summed E-state index contributed by atoms with van der Waals surface area (Å²) in [4.78, 5) is 0. The second-order valence-electron chi connectivity index (χ2n) is 5.52. The van der Waals surface area contributed by atoms with E-state index in [9.17, 15) is 0 Å². The first-order valence-electron chi connectivity index (χ1n) is 7.49. The van der Waals surface area contributed by atoms with Crippen LogP contribution in [0.4, 0.5) is 5.69 Å². The molecule has 0 radical (unpaired) electrons. The normalized spacial score (nSPS) is 20.7. The van der Waals surface area contributed by atoms with Crippen molar-refractivity contribution in [3.63, 3.8) is 0 Å². The van der Waals surface area contributed by atoms with Crippen molar-refractivity contribution in [1.82, 2.24) is 0 Å². The van der Waals surface area contributed by atoms with Gasteiger partial charge in [-0.25, -0.2) is 0 Å². The Morgan fingerprint density at radius 3 is 2.62 bits per heavy atom. The topological polar surface area (TPSA) is 21.3 Å². The molecule has 1 aliphatic carbocycles. The zero-order chi connectivity index (χ0) is 14.7. The highest BCUT2D eigenvalue weighted by molar-refractivity contribution is 6.30. The van der Waals surface area contributed by atoms with Crippen molar-refractivity contribution in [1.29, 1.82) is 0 Å². The number of anilines is 1. The average Bonchev–Trinajstić information content (AvgIpc) is 2.45. The van der Waals surface area contributed by atoms with Gasteiger partial charge in [0, 0.05) is 22.8 Å². The van der Waals surface area contributed by atoms with Gasteiger partial charge in [0.2, 0.25) is 0 Å². The summed E-state index contributed by atoms with van der Waals surface area (Å²) in [7, 11) is 0. The minimum atomic E-state index is 0.544. The van der Waals surface area contributed by atoms with Gasteiger partial charge in [-0.15, -0.1) is 0 Å². The lowest BCUT2D eigenvalue weighted by atomic mass is 9.76. The molecular weight excluding hydrogens is 282 g/mol. The molecule has 2 aromatic rings. The van der Waals surface area contributed by atoms with E-state index in [4.69, 9.17) is 16.3 Å². The Hall–Kier alpha value is -1.67. The van der Waals surface area contributed by atoms with Gasteiger partial charge in [0.25, 0.3) is 0 Å². The number of ether oxygens (including phenoxy) is 1. The lowest BCUT2D eigenvalue weighted by Gasteiger charge is -2.37. The molecule has 0 aliphatic heterocycles. The lowest BCUT2D eigenvalue weighted by Crippen LogP contribution is -2.33. The summed E-state index contributed by atoms with van der Waals surface area (Å²) in [5.41, 5.74) is 2.53. The molecule has 1 fully saturated rings. The molecule has 2 aromatic carbocycles. The van der Waals surface area contributed by atoms with E-state index >= 15 is 0 Å². The molecule has 1 saturated carbocycles. The second kappa shape index (κ2) is 6.40. The molecule has 21 heavy (non-hydrogen) atoms. The molecule has 0 amide bonds. The second-order valence-corrected chi connectivity index (χ2v) is 5.96. The first kappa shape index (κ1) is 14.3. The fourth-order valence-electron chi connectivity index (χ4n) is 2.82. The molecule has 0 bridgehead atoms. The largest absolute Gasteiger partial charge is 0.494 e. The molecule has 0 unspecified atom stereocenters. The predicted molar refractivity (Wildman–Crippen MR) is 88.4 cm³/mol. The molecule has 0 spiro atoms. The van der Waals surface area contributed by atoms with Gasteiger partial charge in [-0.3, -0.25) is 0 Å². The maximum Gasteiger partial charge on any atom is 0.121 e. The third kappa shape index (κ3) is 3.51. The molecule has 0 atom stereocenters. The van der Waals surface area contributed by atoms with Gasteiger partial charge >= 0.3 is 0 Å². The first-order chi connectivity index (χ1) is 10.2. The molecule has 2 nitrogen and oxygen atoms in total. The zero-order valence-corrected chi connectivity index (χ0v) is 12.9. The summed E-state index contributed by atoms with van der Waals surface area (Å²) in [5.74, 6) is 1.57. The van der Waals surface area contributed by atoms with Crippen LogP contribution in [0.2, 0.25) is 5.02 Å². The van der Waals surface area contributed by atoms with E-state index in [1.165, 1.54) is 18.4 Å². The Balaban J connectivity index is 1.55. The van der Waals surface area contributed by atoms with Crippen LogP contribution in [-0.4, -0.2) is 12.6 Å². The summed E-state index contributed by atoms with van der Waals surface area (Å²) in [6, 6.07) is 17.0. The van der Waals surface area contributed by atoms with Gasteiger partial charge in [0.05, 0.1) is 6.61 Å². The minimum Gasteiger partial charge on any atom is -0.494 e. The van der Waals surface area contributed by atoms with Crippen LogP contribution >= 0.6 is 11.6 Å². The van der Waals surface area contributed by atoms with Crippen molar-refractivity contribution in [3.8, 4) is 5.75 Å². The summed E-state index contributed by atoms with van der Waals surface area (Å²) in [5, 5.41) is 4.39. The van der Waals surface area contributed by atoms with Crippen LogP contribution in [0.5, 0.6) is 5.75 Å². The highest BCUT2D eigenvalue weighted by Crippen LogP contribution is 2.39. The standard InChI is InChI=1S/C18H20ClNO/c1-2-21-18-5-3-4-16(12-18)20-17-10-14(11-17)13-6-8-15(19)9-7-13/h3-9,12,14,17,20H,2,10-11H2,1H3. The molecule has 1 aliphatic rings. The van der Waals surface area contributed by atoms with Crippen LogP contribution in [0, 0.1) is 0 Å². The molecule has 0 saturated heterocycles. The number of benzene rings is 2. The SMILES string of the molecule is CCOc1cccc(NC2CC(c3ccc(Cl)cc3)C2)c1. The Morgan fingerprint density at radius 2 is 1.90 bits per heavy atom. The molecule has 3 heteroatoms. The Bertz CT molecular complexity index is 590. The van der Waals surface area contributed by atoms with E-state index < -0.39 is 0 Å². The highest BCUT2D eigenvalue weighted by Gasteiger charge is 2.30. The third-order valence-electron chi connectivity index (χ3n) is 4.00. The predicted octanol–water partition coefficient (Wildman–Crippen LogP) is 5.10. The van der Waals surface area contributed by atoms with E-state index in [2.05, 4.69) is 29.6 Å². The Labute approximate surface area is 131 Å². The van der Waals surface area contributed by atoms with Gasteiger partial charge in [-0.2, -0.15) is 0 Å². The van der Waals surface area contributed by atoms with Gasteiger partial charge < -0.3 is 10.1 Å². The van der Waals surface area contributed by atoms with E-state index in [-0.39, 0.29) is 0 Å². The summed E-state index contributed by atoms with van der Waals surface area (Å²) < 4.78 is 5.53. The van der Waals surface area contributed by atoms with E-state index in [1.807, 2.05) is 31.2 Å². The highest BCUT2D eigenvalue weighted by atomic mass is 35.5. The van der Waals surface area contributed by atoms with Crippen molar-refractivity contribution in [2.24, 2.45) is 0 Å². The maximum absolute atomic E-state index is 5.93. The lowest BCUT2D eigenvalue weighted by molar-refractivity contribution is 0.340. The average molecular weight is 302 g/mol. The Kier molecular flexibility index (Phi) is 4.35. The van der Waals surface area contributed by atoms with Gasteiger partial charge in [0.1, 0.15) is 5.75 Å². The molecule has 3 rings (SSSR count). The summed E-state index contributed by atoms with van der Waals surface area (Å²) in [6.07, 6.45) is 2.33. The van der Waals surface area contributed by atoms with Crippen molar-refractivity contribution in [2.45, 2.75) is 31.7 Å². The van der Waals surface area contributed by atoms with Crippen LogP contribution in [0.3, 0.4) is 0 Å². The number of hydrogen-bond donors (Lipinski definition) is 1. The third-order valence-corrected chi connectivity index (χ3v) is 4.25. The fraction of sp³-hybridized carbons (Fsp3) is 0.333. The quantitative estimate of drug-likeness (QED) is 0.830. The van der Waals surface area contributed by atoms with Gasteiger partial charge in [-0.05, 0) is 55.5 Å². The van der Waals surface area contributed by atoms with Crippen LogP contribution in [0.25, 0.3) is 0 Å². The van der Waals surface area contributed by atoms with Crippen LogP contribution in [-0.2, 0) is 0 Å². The number of rotatable bonds is 5. The van der Waals surface area contributed by atoms with E-state index in [0.29, 0.717) is 18.6 Å². The summed E-state index contributed by atoms with van der Waals surface area (Å²) in [6.45, 7) is 2.70. The van der Waals surface area contributed by atoms with Crippen LogP contribution in [0.1, 0.15) is 31.2 Å². The van der Waals surface area contributed by atoms with Crippen molar-refractivity contribution < 1.29 is 4.74 Å². The van der Waals surface area contributed by atoms with E-state index in [0.717, 1.165) is 16.5 Å². The molecule has 0 aromatic heterocycles. The minimum absolute atomic E-state index is 0.544. The van der Waals surface area contributed by atoms with Gasteiger partial charge in [0.15, 0.2) is 0 Å². The number of halogens is 1. The van der Waals surface area contributed by atoms with Crippen LogP contribution < -0.4 is 10.1 Å². The summed E-state index contributed by atoms with van der Waals surface area (Å²) >= 11 is 5.93. The van der Waals surface area contributed by atoms with Gasteiger partial charge in [-0.1, -0.05) is 29.8 Å².